The quantitative estimate of drug-likeness (QED) is 0.944. The second-order valence-corrected chi connectivity index (χ2v) is 4.58. The minimum Gasteiger partial charge on any atom is -0.391 e. The molecule has 0 amide bonds. The monoisotopic (exact) mass is 304 g/mol. The Morgan fingerprint density at radius 2 is 2.16 bits per heavy atom. The molecule has 0 bridgehead atoms. The van der Waals surface area contributed by atoms with Gasteiger partial charge in [-0.15, -0.1) is 0 Å². The first-order valence-electron chi connectivity index (χ1n) is 5.40. The van der Waals surface area contributed by atoms with Crippen molar-refractivity contribution < 1.29 is 14.2 Å². The Kier molecular flexibility index (Phi) is 4.42. The fourth-order valence-corrected chi connectivity index (χ4v) is 2.09. The lowest BCUT2D eigenvalue weighted by atomic mass is 10.2. The molecular formula is C12H11Cl2FN2O2. The van der Waals surface area contributed by atoms with Crippen LogP contribution in [0.15, 0.2) is 18.2 Å². The number of hydrogen-bond donors (Lipinski definition) is 1. The first-order valence-corrected chi connectivity index (χ1v) is 6.15. The van der Waals surface area contributed by atoms with Crippen LogP contribution in [0.1, 0.15) is 11.3 Å². The molecule has 0 radical (unpaired) electrons. The van der Waals surface area contributed by atoms with Crippen molar-refractivity contribution in [1.82, 2.24) is 9.78 Å². The van der Waals surface area contributed by atoms with E-state index in [1.165, 1.54) is 23.9 Å². The zero-order valence-electron chi connectivity index (χ0n) is 10.0. The summed E-state index contributed by atoms with van der Waals surface area (Å²) in [6, 6.07) is 4.22. The third kappa shape index (κ3) is 2.74. The lowest BCUT2D eigenvalue weighted by molar-refractivity contribution is 0.178. The number of aliphatic hydroxyl groups is 1. The summed E-state index contributed by atoms with van der Waals surface area (Å²) in [6.45, 7) is -0.0632. The Morgan fingerprint density at radius 1 is 1.42 bits per heavy atom. The zero-order valence-corrected chi connectivity index (χ0v) is 11.5. The number of rotatable bonds is 4. The number of halogens is 3. The lowest BCUT2D eigenvalue weighted by Gasteiger charge is -2.04. The number of ether oxygens (including phenoxy) is 1. The van der Waals surface area contributed by atoms with Crippen molar-refractivity contribution in [3.63, 3.8) is 0 Å². The van der Waals surface area contributed by atoms with Gasteiger partial charge in [-0.2, -0.15) is 5.10 Å². The SMILES string of the molecule is COCc1nn(-c2ccc(Cl)c(F)c2)c(Cl)c1CO. The van der Waals surface area contributed by atoms with Gasteiger partial charge in [0, 0.05) is 18.7 Å². The minimum absolute atomic E-state index is 0.0199. The van der Waals surface area contributed by atoms with E-state index in [2.05, 4.69) is 5.10 Å². The molecule has 0 unspecified atom stereocenters. The highest BCUT2D eigenvalue weighted by Crippen LogP contribution is 2.26. The highest BCUT2D eigenvalue weighted by atomic mass is 35.5. The van der Waals surface area contributed by atoms with Crippen molar-refractivity contribution >= 4 is 23.2 Å². The van der Waals surface area contributed by atoms with E-state index in [1.54, 1.807) is 6.07 Å². The minimum atomic E-state index is -0.565. The molecule has 1 aromatic heterocycles. The van der Waals surface area contributed by atoms with Gasteiger partial charge in [0.25, 0.3) is 0 Å². The Morgan fingerprint density at radius 3 is 2.74 bits per heavy atom. The van der Waals surface area contributed by atoms with Crippen LogP contribution in [0.2, 0.25) is 10.2 Å². The van der Waals surface area contributed by atoms with Gasteiger partial charge in [0.05, 0.1) is 29.6 Å². The standard InChI is InChI=1S/C12H11Cl2FN2O2/c1-19-6-11-8(5-18)12(14)17(16-11)7-2-3-9(13)10(15)4-7/h2-4,18H,5-6H2,1H3. The normalized spacial score (nSPS) is 11.0. The zero-order chi connectivity index (χ0) is 14.0. The molecule has 0 aliphatic heterocycles. The van der Waals surface area contributed by atoms with Crippen molar-refractivity contribution in [2.45, 2.75) is 13.2 Å². The second kappa shape index (κ2) is 5.88. The van der Waals surface area contributed by atoms with Gasteiger partial charge in [-0.25, -0.2) is 9.07 Å². The topological polar surface area (TPSA) is 47.3 Å². The smallest absolute Gasteiger partial charge is 0.143 e. The molecule has 0 saturated heterocycles. The van der Waals surface area contributed by atoms with E-state index in [1.807, 2.05) is 0 Å². The number of aliphatic hydroxyl groups excluding tert-OH is 1. The van der Waals surface area contributed by atoms with Gasteiger partial charge < -0.3 is 9.84 Å². The molecule has 2 aromatic rings. The van der Waals surface area contributed by atoms with Crippen molar-refractivity contribution in [3.05, 3.63) is 45.4 Å². The molecular weight excluding hydrogens is 294 g/mol. The third-order valence-electron chi connectivity index (χ3n) is 2.59. The van der Waals surface area contributed by atoms with Gasteiger partial charge in [-0.05, 0) is 12.1 Å². The van der Waals surface area contributed by atoms with Crippen LogP contribution in [0.25, 0.3) is 5.69 Å². The van der Waals surface area contributed by atoms with Gasteiger partial charge in [-0.1, -0.05) is 23.2 Å². The molecule has 0 saturated carbocycles. The van der Waals surface area contributed by atoms with Crippen molar-refractivity contribution in [2.24, 2.45) is 0 Å². The van der Waals surface area contributed by atoms with Crippen molar-refractivity contribution in [2.75, 3.05) is 7.11 Å². The maximum atomic E-state index is 13.4. The summed E-state index contributed by atoms with van der Waals surface area (Å²) in [7, 11) is 1.51. The van der Waals surface area contributed by atoms with Crippen LogP contribution < -0.4 is 0 Å². The van der Waals surface area contributed by atoms with Gasteiger partial charge in [0.15, 0.2) is 0 Å². The Labute approximate surface area is 119 Å². The molecule has 1 aromatic carbocycles. The fourth-order valence-electron chi connectivity index (χ4n) is 1.67. The fraction of sp³-hybridized carbons (Fsp3) is 0.250. The maximum Gasteiger partial charge on any atom is 0.143 e. The Hall–Kier alpha value is -1.14. The molecule has 7 heteroatoms. The first-order chi connectivity index (χ1) is 9.08. The lowest BCUT2D eigenvalue weighted by Crippen LogP contribution is -1.99. The molecule has 19 heavy (non-hydrogen) atoms. The van der Waals surface area contributed by atoms with E-state index in [9.17, 15) is 9.50 Å². The molecule has 1 heterocycles. The highest BCUT2D eigenvalue weighted by molar-refractivity contribution is 6.31. The van der Waals surface area contributed by atoms with Gasteiger partial charge in [0.1, 0.15) is 11.0 Å². The van der Waals surface area contributed by atoms with Crippen LogP contribution in [0.3, 0.4) is 0 Å². The molecule has 0 atom stereocenters. The van der Waals surface area contributed by atoms with Crippen molar-refractivity contribution in [3.8, 4) is 5.69 Å². The molecule has 0 aliphatic rings. The van der Waals surface area contributed by atoms with E-state index < -0.39 is 5.82 Å². The summed E-state index contributed by atoms with van der Waals surface area (Å²) < 4.78 is 19.8. The predicted octanol–water partition coefficient (Wildman–Crippen LogP) is 2.96. The summed E-state index contributed by atoms with van der Waals surface area (Å²) in [5.74, 6) is -0.565. The number of nitrogens with zero attached hydrogens (tertiary/aromatic N) is 2. The summed E-state index contributed by atoms with van der Waals surface area (Å²) >= 11 is 11.7. The molecule has 2 rings (SSSR count). The molecule has 0 spiro atoms. The molecule has 0 aliphatic carbocycles. The van der Waals surface area contributed by atoms with Gasteiger partial charge >= 0.3 is 0 Å². The molecule has 4 nitrogen and oxygen atoms in total. The van der Waals surface area contributed by atoms with Crippen LogP contribution in [0, 0.1) is 5.82 Å². The van der Waals surface area contributed by atoms with Gasteiger partial charge in [0.2, 0.25) is 0 Å². The summed E-state index contributed by atoms with van der Waals surface area (Å²) in [5, 5.41) is 13.7. The predicted molar refractivity (Wildman–Crippen MR) is 70.2 cm³/mol. The van der Waals surface area contributed by atoms with Gasteiger partial charge in [-0.3, -0.25) is 0 Å². The summed E-state index contributed by atoms with van der Waals surface area (Å²) in [4.78, 5) is 0. The maximum absolute atomic E-state index is 13.4. The van der Waals surface area contributed by atoms with E-state index in [0.29, 0.717) is 16.9 Å². The van der Waals surface area contributed by atoms with E-state index in [4.69, 9.17) is 27.9 Å². The molecule has 1 N–H and O–H groups in total. The summed E-state index contributed by atoms with van der Waals surface area (Å²) in [5.41, 5.74) is 1.38. The number of benzene rings is 1. The van der Waals surface area contributed by atoms with Crippen LogP contribution in [-0.2, 0) is 18.0 Å². The highest BCUT2D eigenvalue weighted by Gasteiger charge is 2.17. The number of aromatic nitrogens is 2. The Bertz CT molecular complexity index is 602. The van der Waals surface area contributed by atoms with Crippen LogP contribution >= 0.6 is 23.2 Å². The van der Waals surface area contributed by atoms with E-state index in [-0.39, 0.29) is 23.4 Å². The largest absolute Gasteiger partial charge is 0.391 e. The number of methoxy groups -OCH3 is 1. The van der Waals surface area contributed by atoms with Crippen molar-refractivity contribution in [1.29, 1.82) is 0 Å². The summed E-state index contributed by atoms with van der Waals surface area (Å²) in [6.07, 6.45) is 0. The molecule has 102 valence electrons. The second-order valence-electron chi connectivity index (χ2n) is 3.82. The third-order valence-corrected chi connectivity index (χ3v) is 3.29. The van der Waals surface area contributed by atoms with Crippen LogP contribution in [0.5, 0.6) is 0 Å². The van der Waals surface area contributed by atoms with Crippen LogP contribution in [-0.4, -0.2) is 22.0 Å². The van der Waals surface area contributed by atoms with E-state index >= 15 is 0 Å². The average molecular weight is 305 g/mol. The first kappa shape index (κ1) is 14.3. The molecule has 0 fully saturated rings. The Balaban J connectivity index is 2.52. The average Bonchev–Trinajstić information content (AvgIpc) is 2.70. The number of hydrogen-bond acceptors (Lipinski definition) is 3. The van der Waals surface area contributed by atoms with Crippen LogP contribution in [0.4, 0.5) is 4.39 Å². The van der Waals surface area contributed by atoms with E-state index in [0.717, 1.165) is 0 Å².